The molecule has 0 fully saturated rings. The average Bonchev–Trinajstić information content (AvgIpc) is 2.47. The van der Waals surface area contributed by atoms with E-state index in [1.807, 2.05) is 0 Å². The van der Waals surface area contributed by atoms with Crippen molar-refractivity contribution in [2.45, 2.75) is 6.92 Å². The van der Waals surface area contributed by atoms with E-state index in [1.165, 1.54) is 18.2 Å². The normalized spacial score (nSPS) is 10.7. The Balaban J connectivity index is 2.76. The molecule has 14 heavy (non-hydrogen) atoms. The highest BCUT2D eigenvalue weighted by Crippen LogP contribution is 2.20. The molecule has 4 heteroatoms. The molecule has 72 valence electrons. The average molecular weight is 193 g/mol. The van der Waals surface area contributed by atoms with Crippen molar-refractivity contribution in [3.63, 3.8) is 0 Å². The molecule has 0 radical (unpaired) electrons. The minimum Gasteiger partial charge on any atom is -0.477 e. The maximum Gasteiger partial charge on any atom is 0.352 e. The summed E-state index contributed by atoms with van der Waals surface area (Å²) in [6.07, 6.45) is 0. The van der Waals surface area contributed by atoms with Crippen molar-refractivity contribution in [1.29, 1.82) is 0 Å². The van der Waals surface area contributed by atoms with Gasteiger partial charge in [-0.2, -0.15) is 0 Å². The van der Waals surface area contributed by atoms with Crippen LogP contribution in [0.15, 0.2) is 18.2 Å². The Kier molecular flexibility index (Phi) is 1.77. The third-order valence-corrected chi connectivity index (χ3v) is 2.14. The Morgan fingerprint density at radius 2 is 2.14 bits per heavy atom. The van der Waals surface area contributed by atoms with Gasteiger partial charge in [-0.05, 0) is 30.7 Å². The van der Waals surface area contributed by atoms with Crippen LogP contribution in [0.1, 0.15) is 16.1 Å². The van der Waals surface area contributed by atoms with E-state index in [0.717, 1.165) is 10.9 Å². The molecule has 0 unspecified atom stereocenters. The number of aromatic nitrogens is 1. The van der Waals surface area contributed by atoms with E-state index < -0.39 is 5.97 Å². The van der Waals surface area contributed by atoms with Gasteiger partial charge in [-0.25, -0.2) is 9.18 Å². The number of rotatable bonds is 1. The zero-order valence-corrected chi connectivity index (χ0v) is 7.47. The summed E-state index contributed by atoms with van der Waals surface area (Å²) >= 11 is 0. The maximum absolute atomic E-state index is 12.9. The highest BCUT2D eigenvalue weighted by atomic mass is 19.1. The van der Waals surface area contributed by atoms with Crippen LogP contribution in [0.25, 0.3) is 10.9 Å². The van der Waals surface area contributed by atoms with E-state index in [-0.39, 0.29) is 11.5 Å². The molecule has 0 amide bonds. The van der Waals surface area contributed by atoms with E-state index in [9.17, 15) is 9.18 Å². The molecule has 1 aromatic heterocycles. The first-order valence-electron chi connectivity index (χ1n) is 4.10. The fraction of sp³-hybridized carbons (Fsp3) is 0.100. The van der Waals surface area contributed by atoms with Crippen LogP contribution in [0.5, 0.6) is 0 Å². The van der Waals surface area contributed by atoms with Gasteiger partial charge in [0, 0.05) is 10.9 Å². The van der Waals surface area contributed by atoms with Crippen LogP contribution < -0.4 is 0 Å². The van der Waals surface area contributed by atoms with Crippen LogP contribution in [-0.4, -0.2) is 16.1 Å². The standard InChI is InChI=1S/C10H8FNO2/c1-5-2-6(11)3-8-7(5)4-9(12-8)10(13)14/h2-4,12H,1H3,(H,13,14). The first-order valence-corrected chi connectivity index (χ1v) is 4.10. The van der Waals surface area contributed by atoms with Crippen molar-refractivity contribution >= 4 is 16.9 Å². The Morgan fingerprint density at radius 3 is 2.79 bits per heavy atom. The molecule has 1 aromatic carbocycles. The van der Waals surface area contributed by atoms with Crippen molar-refractivity contribution in [2.75, 3.05) is 0 Å². The van der Waals surface area contributed by atoms with Crippen molar-refractivity contribution in [3.05, 3.63) is 35.3 Å². The highest BCUT2D eigenvalue weighted by Gasteiger charge is 2.09. The Hall–Kier alpha value is -1.84. The molecule has 0 aliphatic carbocycles. The van der Waals surface area contributed by atoms with E-state index >= 15 is 0 Å². The van der Waals surface area contributed by atoms with Gasteiger partial charge in [0.25, 0.3) is 0 Å². The summed E-state index contributed by atoms with van der Waals surface area (Å²) in [6.45, 7) is 1.74. The van der Waals surface area contributed by atoms with Crippen LogP contribution in [0.4, 0.5) is 4.39 Å². The number of nitrogens with one attached hydrogen (secondary N) is 1. The summed E-state index contributed by atoms with van der Waals surface area (Å²) < 4.78 is 12.9. The third-order valence-electron chi connectivity index (χ3n) is 2.14. The summed E-state index contributed by atoms with van der Waals surface area (Å²) in [7, 11) is 0. The van der Waals surface area contributed by atoms with Gasteiger partial charge in [0.15, 0.2) is 0 Å². The van der Waals surface area contributed by atoms with Crippen molar-refractivity contribution in [2.24, 2.45) is 0 Å². The molecule has 0 saturated heterocycles. The largest absolute Gasteiger partial charge is 0.477 e. The number of hydrogen-bond donors (Lipinski definition) is 2. The number of carboxylic acids is 1. The molecule has 0 bridgehead atoms. The zero-order valence-electron chi connectivity index (χ0n) is 7.47. The fourth-order valence-corrected chi connectivity index (χ4v) is 1.49. The number of carboxylic acid groups (broad SMARTS) is 1. The number of aromatic carboxylic acids is 1. The third kappa shape index (κ3) is 1.25. The number of carbonyl (C=O) groups is 1. The smallest absolute Gasteiger partial charge is 0.352 e. The van der Waals surface area contributed by atoms with Gasteiger partial charge in [-0.15, -0.1) is 0 Å². The number of H-pyrrole nitrogens is 1. The second-order valence-electron chi connectivity index (χ2n) is 3.17. The number of benzene rings is 1. The molecular formula is C10H8FNO2. The van der Waals surface area contributed by atoms with Crippen LogP contribution in [0.2, 0.25) is 0 Å². The lowest BCUT2D eigenvalue weighted by molar-refractivity contribution is 0.0691. The lowest BCUT2D eigenvalue weighted by Gasteiger charge is -1.94. The number of halogens is 1. The quantitative estimate of drug-likeness (QED) is 0.730. The summed E-state index contributed by atoms with van der Waals surface area (Å²) in [5.74, 6) is -1.41. The zero-order chi connectivity index (χ0) is 10.3. The van der Waals surface area contributed by atoms with Crippen LogP contribution in [0.3, 0.4) is 0 Å². The van der Waals surface area contributed by atoms with Gasteiger partial charge in [-0.1, -0.05) is 0 Å². The Labute approximate surface area is 79.2 Å². The van der Waals surface area contributed by atoms with Crippen molar-refractivity contribution < 1.29 is 14.3 Å². The topological polar surface area (TPSA) is 53.1 Å². The molecule has 0 aliphatic rings. The minimum atomic E-state index is -1.04. The van der Waals surface area contributed by atoms with E-state index in [4.69, 9.17) is 5.11 Å². The second kappa shape index (κ2) is 2.83. The molecule has 0 saturated carbocycles. The van der Waals surface area contributed by atoms with E-state index in [1.54, 1.807) is 6.92 Å². The molecular weight excluding hydrogens is 185 g/mol. The first-order chi connectivity index (χ1) is 6.58. The van der Waals surface area contributed by atoms with Crippen LogP contribution in [0, 0.1) is 12.7 Å². The number of aryl methyl sites for hydroxylation is 1. The van der Waals surface area contributed by atoms with Gasteiger partial charge in [0.2, 0.25) is 0 Å². The summed E-state index contributed by atoms with van der Waals surface area (Å²) in [5.41, 5.74) is 1.32. The van der Waals surface area contributed by atoms with Crippen molar-refractivity contribution in [1.82, 2.24) is 4.98 Å². The lowest BCUT2D eigenvalue weighted by atomic mass is 10.1. The maximum atomic E-state index is 12.9. The summed E-state index contributed by atoms with van der Waals surface area (Å²) in [6, 6.07) is 4.17. The molecule has 2 N–H and O–H groups in total. The van der Waals surface area contributed by atoms with Gasteiger partial charge < -0.3 is 10.1 Å². The van der Waals surface area contributed by atoms with E-state index in [0.29, 0.717) is 5.52 Å². The molecule has 1 heterocycles. The molecule has 2 rings (SSSR count). The number of hydrogen-bond acceptors (Lipinski definition) is 1. The molecule has 0 spiro atoms. The molecule has 2 aromatic rings. The number of aromatic amines is 1. The fourth-order valence-electron chi connectivity index (χ4n) is 1.49. The molecule has 0 atom stereocenters. The first kappa shape index (κ1) is 8.74. The Bertz CT molecular complexity index is 516. The van der Waals surface area contributed by atoms with Gasteiger partial charge >= 0.3 is 5.97 Å². The van der Waals surface area contributed by atoms with Gasteiger partial charge in [-0.3, -0.25) is 0 Å². The molecule has 0 aliphatic heterocycles. The monoisotopic (exact) mass is 193 g/mol. The van der Waals surface area contributed by atoms with Crippen molar-refractivity contribution in [3.8, 4) is 0 Å². The second-order valence-corrected chi connectivity index (χ2v) is 3.17. The van der Waals surface area contributed by atoms with Gasteiger partial charge in [0.1, 0.15) is 11.5 Å². The minimum absolute atomic E-state index is 0.0775. The predicted molar refractivity (Wildman–Crippen MR) is 50.0 cm³/mol. The number of fused-ring (bicyclic) bond motifs is 1. The van der Waals surface area contributed by atoms with Gasteiger partial charge in [0.05, 0.1) is 0 Å². The predicted octanol–water partition coefficient (Wildman–Crippen LogP) is 2.31. The summed E-state index contributed by atoms with van der Waals surface area (Å²) in [4.78, 5) is 13.3. The Morgan fingerprint density at radius 1 is 1.43 bits per heavy atom. The van der Waals surface area contributed by atoms with E-state index in [2.05, 4.69) is 4.98 Å². The highest BCUT2D eigenvalue weighted by molar-refractivity contribution is 5.94. The SMILES string of the molecule is Cc1cc(F)cc2[nH]c(C(=O)O)cc12. The lowest BCUT2D eigenvalue weighted by Crippen LogP contribution is -1.94. The summed E-state index contributed by atoms with van der Waals surface area (Å²) in [5, 5.41) is 9.46. The molecule has 3 nitrogen and oxygen atoms in total. The van der Waals surface area contributed by atoms with Crippen LogP contribution >= 0.6 is 0 Å². The van der Waals surface area contributed by atoms with Crippen LogP contribution in [-0.2, 0) is 0 Å².